The number of hydrazine groups is 1. The van der Waals surface area contributed by atoms with E-state index in [2.05, 4.69) is 4.42 Å². The smallest absolute Gasteiger partial charge is 0.272 e. The van der Waals surface area contributed by atoms with Crippen LogP contribution in [0.4, 0.5) is 27.6 Å². The molecule has 0 aliphatic rings. The van der Waals surface area contributed by atoms with E-state index in [0.29, 0.717) is 0 Å². The fourth-order valence-electron chi connectivity index (χ4n) is 1.30. The van der Waals surface area contributed by atoms with Gasteiger partial charge in [0.15, 0.2) is 23.3 Å². The van der Waals surface area contributed by atoms with E-state index < -0.39 is 40.7 Å². The first-order valence-electron chi connectivity index (χ1n) is 5.03. The zero-order valence-corrected chi connectivity index (χ0v) is 9.44. The Balaban J connectivity index is 2.24. The van der Waals surface area contributed by atoms with Crippen LogP contribution in [0.15, 0.2) is 23.0 Å². The Kier molecular flexibility index (Phi) is 3.59. The van der Waals surface area contributed by atoms with E-state index in [-0.39, 0.29) is 5.56 Å². The molecule has 0 saturated heterocycles. The number of anilines is 1. The highest BCUT2D eigenvalue weighted by molar-refractivity contribution is 5.94. The molecule has 2 N–H and O–H groups in total. The molecule has 0 radical (unpaired) electrons. The third-order valence-electron chi connectivity index (χ3n) is 2.29. The molecule has 0 atom stereocenters. The van der Waals surface area contributed by atoms with Crippen LogP contribution in [0, 0.1) is 29.1 Å². The van der Waals surface area contributed by atoms with E-state index in [1.54, 1.807) is 10.9 Å². The van der Waals surface area contributed by atoms with Crippen molar-refractivity contribution in [1.29, 1.82) is 0 Å². The number of hydrogen-bond donors (Lipinski definition) is 2. The molecule has 1 amide bonds. The summed E-state index contributed by atoms with van der Waals surface area (Å²) in [5, 5.41) is 0. The standard InChI is InChI=1S/C11H5F5N2O2/c12-5-6(13)8(15)10(9(16)7(5)14)17-18-11(19)4-1-2-20-3-4/h1-3,17H,(H,18,19). The van der Waals surface area contributed by atoms with Gasteiger partial charge in [-0.15, -0.1) is 0 Å². The number of benzene rings is 1. The molecule has 0 aliphatic heterocycles. The molecule has 0 bridgehead atoms. The van der Waals surface area contributed by atoms with Crippen LogP contribution in [0.1, 0.15) is 10.4 Å². The molecule has 0 aliphatic carbocycles. The summed E-state index contributed by atoms with van der Waals surface area (Å²) in [6.45, 7) is 0. The molecule has 0 unspecified atom stereocenters. The largest absolute Gasteiger partial charge is 0.472 e. The van der Waals surface area contributed by atoms with Crippen LogP contribution in [0.3, 0.4) is 0 Å². The fourth-order valence-corrected chi connectivity index (χ4v) is 1.30. The first-order chi connectivity index (χ1) is 9.43. The number of furan rings is 1. The van der Waals surface area contributed by atoms with E-state index >= 15 is 0 Å². The average molecular weight is 292 g/mol. The molecule has 2 aromatic rings. The molecular formula is C11H5F5N2O2. The minimum Gasteiger partial charge on any atom is -0.472 e. The van der Waals surface area contributed by atoms with Crippen molar-refractivity contribution in [2.75, 3.05) is 5.43 Å². The van der Waals surface area contributed by atoms with Crippen LogP contribution >= 0.6 is 0 Å². The van der Waals surface area contributed by atoms with Gasteiger partial charge in [-0.2, -0.15) is 0 Å². The van der Waals surface area contributed by atoms with E-state index in [9.17, 15) is 26.7 Å². The van der Waals surface area contributed by atoms with Crippen molar-refractivity contribution in [3.05, 3.63) is 53.2 Å². The molecule has 0 saturated carbocycles. The van der Waals surface area contributed by atoms with Crippen molar-refractivity contribution in [3.8, 4) is 0 Å². The molecular weight excluding hydrogens is 287 g/mol. The Bertz CT molecular complexity index is 628. The zero-order chi connectivity index (χ0) is 14.9. The van der Waals surface area contributed by atoms with Gasteiger partial charge in [0.1, 0.15) is 12.0 Å². The zero-order valence-electron chi connectivity index (χ0n) is 9.44. The van der Waals surface area contributed by atoms with Crippen molar-refractivity contribution in [2.24, 2.45) is 0 Å². The van der Waals surface area contributed by atoms with Crippen LogP contribution in [0.2, 0.25) is 0 Å². The lowest BCUT2D eigenvalue weighted by molar-refractivity contribution is 0.0961. The highest BCUT2D eigenvalue weighted by atomic mass is 19.2. The van der Waals surface area contributed by atoms with Crippen molar-refractivity contribution in [2.45, 2.75) is 0 Å². The van der Waals surface area contributed by atoms with E-state index in [1.807, 2.05) is 0 Å². The number of rotatable bonds is 3. The lowest BCUT2D eigenvalue weighted by atomic mass is 10.2. The van der Waals surface area contributed by atoms with Crippen molar-refractivity contribution < 1.29 is 31.2 Å². The Labute approximate surface area is 108 Å². The fraction of sp³-hybridized carbons (Fsp3) is 0. The Hall–Kier alpha value is -2.58. The van der Waals surface area contributed by atoms with E-state index in [0.717, 1.165) is 12.5 Å². The minimum atomic E-state index is -2.29. The lowest BCUT2D eigenvalue weighted by Crippen LogP contribution is -2.30. The van der Waals surface area contributed by atoms with Gasteiger partial charge in [0.2, 0.25) is 5.82 Å². The second-order valence-corrected chi connectivity index (χ2v) is 3.54. The third kappa shape index (κ3) is 2.29. The van der Waals surface area contributed by atoms with Crippen LogP contribution in [-0.2, 0) is 0 Å². The van der Waals surface area contributed by atoms with Gasteiger partial charge in [-0.05, 0) is 6.07 Å². The summed E-state index contributed by atoms with van der Waals surface area (Å²) in [5.41, 5.74) is 2.04. The summed E-state index contributed by atoms with van der Waals surface area (Å²) in [4.78, 5) is 11.4. The maximum absolute atomic E-state index is 13.2. The molecule has 2 rings (SSSR count). The topological polar surface area (TPSA) is 54.3 Å². The molecule has 1 heterocycles. The summed E-state index contributed by atoms with van der Waals surface area (Å²) in [7, 11) is 0. The summed E-state index contributed by atoms with van der Waals surface area (Å²) in [6.07, 6.45) is 2.18. The van der Waals surface area contributed by atoms with Crippen molar-refractivity contribution in [1.82, 2.24) is 5.43 Å². The van der Waals surface area contributed by atoms with Crippen molar-refractivity contribution in [3.63, 3.8) is 0 Å². The van der Waals surface area contributed by atoms with Gasteiger partial charge in [0.25, 0.3) is 5.91 Å². The maximum atomic E-state index is 13.2. The molecule has 0 fully saturated rings. The van der Waals surface area contributed by atoms with Crippen LogP contribution < -0.4 is 10.9 Å². The Morgan fingerprint density at radius 2 is 1.50 bits per heavy atom. The monoisotopic (exact) mass is 292 g/mol. The molecule has 4 nitrogen and oxygen atoms in total. The number of hydrogen-bond acceptors (Lipinski definition) is 3. The number of carbonyl (C=O) groups is 1. The first-order valence-corrected chi connectivity index (χ1v) is 5.03. The SMILES string of the molecule is O=C(NNc1c(F)c(F)c(F)c(F)c1F)c1ccoc1. The average Bonchev–Trinajstić information content (AvgIpc) is 2.97. The molecule has 1 aromatic carbocycles. The van der Waals surface area contributed by atoms with Gasteiger partial charge in [0.05, 0.1) is 11.8 Å². The second kappa shape index (κ2) is 5.19. The summed E-state index contributed by atoms with van der Waals surface area (Å²) >= 11 is 0. The van der Waals surface area contributed by atoms with Gasteiger partial charge in [-0.1, -0.05) is 0 Å². The summed E-state index contributed by atoms with van der Waals surface area (Å²) < 4.78 is 69.6. The third-order valence-corrected chi connectivity index (χ3v) is 2.29. The summed E-state index contributed by atoms with van der Waals surface area (Å²) in [6, 6.07) is 1.23. The lowest BCUT2D eigenvalue weighted by Gasteiger charge is -2.11. The second-order valence-electron chi connectivity index (χ2n) is 3.54. The predicted octanol–water partition coefficient (Wildman–Crippen LogP) is 2.73. The number of amides is 1. The van der Waals surface area contributed by atoms with Crippen molar-refractivity contribution >= 4 is 11.6 Å². The number of halogens is 5. The molecule has 0 spiro atoms. The number of nitrogens with one attached hydrogen (secondary N) is 2. The van der Waals surface area contributed by atoms with Crippen LogP contribution in [-0.4, -0.2) is 5.91 Å². The first kappa shape index (κ1) is 13.8. The van der Waals surface area contributed by atoms with Gasteiger partial charge in [0, 0.05) is 0 Å². The van der Waals surface area contributed by atoms with Crippen LogP contribution in [0.5, 0.6) is 0 Å². The molecule has 20 heavy (non-hydrogen) atoms. The van der Waals surface area contributed by atoms with Gasteiger partial charge in [-0.25, -0.2) is 22.0 Å². The Morgan fingerprint density at radius 1 is 0.950 bits per heavy atom. The number of carbonyl (C=O) groups excluding carboxylic acids is 1. The molecule has 9 heteroatoms. The Morgan fingerprint density at radius 3 is 2.00 bits per heavy atom. The van der Waals surface area contributed by atoms with Gasteiger partial charge in [-0.3, -0.25) is 15.6 Å². The normalized spacial score (nSPS) is 10.4. The predicted molar refractivity (Wildman–Crippen MR) is 56.0 cm³/mol. The highest BCUT2D eigenvalue weighted by Crippen LogP contribution is 2.26. The highest BCUT2D eigenvalue weighted by Gasteiger charge is 2.26. The van der Waals surface area contributed by atoms with Gasteiger partial charge >= 0.3 is 0 Å². The quantitative estimate of drug-likeness (QED) is 0.396. The minimum absolute atomic E-state index is 0.0126. The molecule has 1 aromatic heterocycles. The summed E-state index contributed by atoms with van der Waals surface area (Å²) in [5.74, 6) is -11.6. The maximum Gasteiger partial charge on any atom is 0.272 e. The van der Waals surface area contributed by atoms with E-state index in [1.165, 1.54) is 6.07 Å². The van der Waals surface area contributed by atoms with Gasteiger partial charge < -0.3 is 4.42 Å². The van der Waals surface area contributed by atoms with E-state index in [4.69, 9.17) is 0 Å². The van der Waals surface area contributed by atoms with Crippen LogP contribution in [0.25, 0.3) is 0 Å². The molecule has 106 valence electrons.